The van der Waals surface area contributed by atoms with Crippen LogP contribution in [0.25, 0.3) is 0 Å². The van der Waals surface area contributed by atoms with Crippen molar-refractivity contribution in [2.75, 3.05) is 13.1 Å². The second-order valence-corrected chi connectivity index (χ2v) is 3.79. The van der Waals surface area contributed by atoms with Crippen molar-refractivity contribution >= 4 is 5.78 Å². The molecule has 0 spiro atoms. The number of carbonyl (C=O) groups is 1. The van der Waals surface area contributed by atoms with E-state index in [-0.39, 0.29) is 12.1 Å². The fraction of sp³-hybridized carbons (Fsp3) is 0.417. The van der Waals surface area contributed by atoms with Crippen LogP contribution in [0.3, 0.4) is 0 Å². The number of alkyl halides is 3. The molecule has 0 radical (unpaired) electrons. The van der Waals surface area contributed by atoms with Gasteiger partial charge in [0.1, 0.15) is 5.82 Å². The number of carbonyl (C=O) groups excluding carboxylic acids is 1. The van der Waals surface area contributed by atoms with E-state index in [1.54, 1.807) is 0 Å². The summed E-state index contributed by atoms with van der Waals surface area (Å²) in [5.41, 5.74) is -1.56. The molecule has 0 aliphatic rings. The number of rotatable bonds is 5. The quantitative estimate of drug-likeness (QED) is 0.502. The van der Waals surface area contributed by atoms with Gasteiger partial charge >= 0.3 is 6.18 Å². The number of halogens is 4. The monoisotopic (exact) mass is 263 g/mol. The minimum absolute atomic E-state index is 0.0588. The lowest BCUT2D eigenvalue weighted by Crippen LogP contribution is -2.24. The third-order valence-corrected chi connectivity index (χ3v) is 2.31. The van der Waals surface area contributed by atoms with Gasteiger partial charge in [-0.1, -0.05) is 6.92 Å². The summed E-state index contributed by atoms with van der Waals surface area (Å²) in [4.78, 5) is 11.6. The molecule has 100 valence electrons. The molecule has 0 unspecified atom stereocenters. The second kappa shape index (κ2) is 5.95. The Hall–Kier alpha value is -1.43. The number of nitrogens with one attached hydrogen (secondary N) is 1. The Labute approximate surface area is 102 Å². The van der Waals surface area contributed by atoms with Gasteiger partial charge in [-0.05, 0) is 31.2 Å². The number of ketones is 1. The fourth-order valence-corrected chi connectivity index (χ4v) is 1.40. The van der Waals surface area contributed by atoms with E-state index in [4.69, 9.17) is 0 Å². The Morgan fingerprint density at radius 1 is 1.33 bits per heavy atom. The maximum Gasteiger partial charge on any atom is 0.419 e. The molecule has 0 aromatic heterocycles. The van der Waals surface area contributed by atoms with Crippen molar-refractivity contribution in [2.24, 2.45) is 0 Å². The zero-order chi connectivity index (χ0) is 13.8. The minimum Gasteiger partial charge on any atom is -0.310 e. The largest absolute Gasteiger partial charge is 0.419 e. The van der Waals surface area contributed by atoms with Crippen LogP contribution in [-0.4, -0.2) is 18.9 Å². The van der Waals surface area contributed by atoms with Gasteiger partial charge in [-0.15, -0.1) is 0 Å². The zero-order valence-corrected chi connectivity index (χ0v) is 9.77. The van der Waals surface area contributed by atoms with Crippen molar-refractivity contribution in [3.05, 3.63) is 35.1 Å². The van der Waals surface area contributed by atoms with E-state index in [2.05, 4.69) is 5.32 Å². The van der Waals surface area contributed by atoms with E-state index in [0.29, 0.717) is 18.7 Å². The van der Waals surface area contributed by atoms with Crippen LogP contribution in [0.1, 0.15) is 29.3 Å². The molecule has 1 aromatic carbocycles. The molecular weight excluding hydrogens is 250 g/mol. The van der Waals surface area contributed by atoms with Crippen LogP contribution in [-0.2, 0) is 6.18 Å². The highest BCUT2D eigenvalue weighted by Crippen LogP contribution is 2.31. The van der Waals surface area contributed by atoms with Crippen LogP contribution in [0.2, 0.25) is 0 Å². The maximum atomic E-state index is 13.0. The first-order valence-electron chi connectivity index (χ1n) is 5.47. The van der Waals surface area contributed by atoms with Gasteiger partial charge in [0.15, 0.2) is 5.78 Å². The Morgan fingerprint density at radius 2 is 2.00 bits per heavy atom. The predicted octanol–water partition coefficient (Wildman–Crippen LogP) is 3.03. The highest BCUT2D eigenvalue weighted by Gasteiger charge is 2.34. The summed E-state index contributed by atoms with van der Waals surface area (Å²) in [7, 11) is 0. The first-order chi connectivity index (χ1) is 8.36. The lowest BCUT2D eigenvalue weighted by molar-refractivity contribution is -0.140. The Bertz CT molecular complexity index is 429. The molecule has 0 fully saturated rings. The molecule has 1 N–H and O–H groups in total. The molecule has 0 aliphatic carbocycles. The molecule has 2 nitrogen and oxygen atoms in total. The summed E-state index contributed by atoms with van der Waals surface area (Å²) in [5.74, 6) is -1.87. The van der Waals surface area contributed by atoms with Gasteiger partial charge in [-0.3, -0.25) is 4.79 Å². The normalized spacial score (nSPS) is 11.6. The molecule has 0 saturated heterocycles. The highest BCUT2D eigenvalue weighted by atomic mass is 19.4. The van der Waals surface area contributed by atoms with E-state index >= 15 is 0 Å². The third-order valence-electron chi connectivity index (χ3n) is 2.31. The molecule has 0 heterocycles. The summed E-state index contributed by atoms with van der Waals surface area (Å²) >= 11 is 0. The van der Waals surface area contributed by atoms with Crippen LogP contribution in [0.5, 0.6) is 0 Å². The summed E-state index contributed by atoms with van der Waals surface area (Å²) in [6.07, 6.45) is -3.98. The average Bonchev–Trinajstić information content (AvgIpc) is 2.28. The van der Waals surface area contributed by atoms with Crippen molar-refractivity contribution in [3.8, 4) is 0 Å². The summed E-state index contributed by atoms with van der Waals surface area (Å²) in [5, 5.41) is 2.78. The summed E-state index contributed by atoms with van der Waals surface area (Å²) in [6, 6.07) is 2.27. The van der Waals surface area contributed by atoms with Gasteiger partial charge in [0, 0.05) is 5.56 Å². The molecule has 6 heteroatoms. The number of Topliss-reactive ketones (excluding diaryl/α,β-unsaturated/α-hetero) is 1. The van der Waals surface area contributed by atoms with Gasteiger partial charge in [-0.2, -0.15) is 13.2 Å². The van der Waals surface area contributed by atoms with Gasteiger partial charge in [0.2, 0.25) is 0 Å². The van der Waals surface area contributed by atoms with Crippen LogP contribution >= 0.6 is 0 Å². The number of hydrogen-bond acceptors (Lipinski definition) is 2. The maximum absolute atomic E-state index is 13.0. The molecular formula is C12H13F4NO. The van der Waals surface area contributed by atoms with Gasteiger partial charge < -0.3 is 5.32 Å². The molecule has 1 aromatic rings. The van der Waals surface area contributed by atoms with Crippen LogP contribution in [0, 0.1) is 5.82 Å². The van der Waals surface area contributed by atoms with Crippen LogP contribution in [0.4, 0.5) is 17.6 Å². The number of benzene rings is 1. The first-order valence-corrected chi connectivity index (χ1v) is 5.47. The minimum atomic E-state index is -4.79. The van der Waals surface area contributed by atoms with E-state index in [9.17, 15) is 22.4 Å². The van der Waals surface area contributed by atoms with E-state index in [1.165, 1.54) is 0 Å². The SMILES string of the molecule is CCCNCC(=O)c1ccc(F)c(C(F)(F)F)c1. The summed E-state index contributed by atoms with van der Waals surface area (Å²) in [6.45, 7) is 2.44. The van der Waals surface area contributed by atoms with Crippen LogP contribution in [0.15, 0.2) is 18.2 Å². The topological polar surface area (TPSA) is 29.1 Å². The third kappa shape index (κ3) is 3.80. The first kappa shape index (κ1) is 14.6. The Morgan fingerprint density at radius 3 is 2.56 bits per heavy atom. The fourth-order valence-electron chi connectivity index (χ4n) is 1.40. The average molecular weight is 263 g/mol. The van der Waals surface area contributed by atoms with E-state index in [1.807, 2.05) is 6.92 Å². The van der Waals surface area contributed by atoms with Crippen LogP contribution < -0.4 is 5.32 Å². The predicted molar refractivity (Wildman–Crippen MR) is 58.9 cm³/mol. The molecule has 0 amide bonds. The molecule has 0 aliphatic heterocycles. The Balaban J connectivity index is 2.88. The van der Waals surface area contributed by atoms with Gasteiger partial charge in [0.25, 0.3) is 0 Å². The Kier molecular flexibility index (Phi) is 4.84. The zero-order valence-electron chi connectivity index (χ0n) is 9.77. The molecule has 0 saturated carbocycles. The molecule has 0 atom stereocenters. The van der Waals surface area contributed by atoms with Crippen molar-refractivity contribution in [1.29, 1.82) is 0 Å². The van der Waals surface area contributed by atoms with Crippen molar-refractivity contribution in [2.45, 2.75) is 19.5 Å². The van der Waals surface area contributed by atoms with Gasteiger partial charge in [-0.25, -0.2) is 4.39 Å². The summed E-state index contributed by atoms with van der Waals surface area (Å²) < 4.78 is 50.3. The van der Waals surface area contributed by atoms with Crippen molar-refractivity contribution in [1.82, 2.24) is 5.32 Å². The highest BCUT2D eigenvalue weighted by molar-refractivity contribution is 5.97. The van der Waals surface area contributed by atoms with Gasteiger partial charge in [0.05, 0.1) is 12.1 Å². The van der Waals surface area contributed by atoms with Crippen molar-refractivity contribution < 1.29 is 22.4 Å². The smallest absolute Gasteiger partial charge is 0.310 e. The standard InChI is InChI=1S/C12H13F4NO/c1-2-5-17-7-11(18)8-3-4-10(13)9(6-8)12(14,15)16/h3-4,6,17H,2,5,7H2,1H3. The molecule has 1 rings (SSSR count). The lowest BCUT2D eigenvalue weighted by Gasteiger charge is -2.09. The van der Waals surface area contributed by atoms with E-state index < -0.39 is 23.3 Å². The van der Waals surface area contributed by atoms with Crippen molar-refractivity contribution in [3.63, 3.8) is 0 Å². The van der Waals surface area contributed by atoms with E-state index in [0.717, 1.165) is 12.5 Å². The number of hydrogen-bond donors (Lipinski definition) is 1. The lowest BCUT2D eigenvalue weighted by atomic mass is 10.1. The second-order valence-electron chi connectivity index (χ2n) is 3.79. The molecule has 18 heavy (non-hydrogen) atoms. The molecule has 0 bridgehead atoms.